The first-order valence-electron chi connectivity index (χ1n) is 7.58. The molecule has 1 aromatic carbocycles. The quantitative estimate of drug-likeness (QED) is 0.840. The van der Waals surface area contributed by atoms with Crippen LogP contribution in [0.1, 0.15) is 32.4 Å². The number of aryl methyl sites for hydroxylation is 1. The monoisotopic (exact) mass is 337 g/mol. The van der Waals surface area contributed by atoms with Crippen molar-refractivity contribution in [2.75, 3.05) is 11.9 Å². The van der Waals surface area contributed by atoms with Gasteiger partial charge in [0.05, 0.1) is 11.1 Å². The van der Waals surface area contributed by atoms with E-state index in [0.717, 1.165) is 16.9 Å². The number of nitrogens with zero attached hydrogens (tertiary/aromatic N) is 1. The molecule has 0 radical (unpaired) electrons. The topological polar surface area (TPSA) is 81.2 Å². The standard InChI is InChI=1S/C17H23N3O2.ClH/c1-4-17(5-2,11-18)16(21)20-14-8-6-7-13(9-14)15-19-12(3)10-22-15;/h6-10H,4-5,11,18H2,1-3H3,(H,20,21);1H. The van der Waals surface area contributed by atoms with E-state index < -0.39 is 5.41 Å². The highest BCUT2D eigenvalue weighted by Crippen LogP contribution is 2.28. The maximum Gasteiger partial charge on any atom is 0.231 e. The average molecular weight is 338 g/mol. The molecule has 3 N–H and O–H groups in total. The average Bonchev–Trinajstić information content (AvgIpc) is 2.96. The minimum Gasteiger partial charge on any atom is -0.444 e. The molecule has 1 aromatic heterocycles. The van der Waals surface area contributed by atoms with Gasteiger partial charge in [-0.25, -0.2) is 4.98 Å². The molecular weight excluding hydrogens is 314 g/mol. The third-order valence-electron chi connectivity index (χ3n) is 4.21. The molecular formula is C17H24ClN3O2. The molecule has 0 bridgehead atoms. The van der Waals surface area contributed by atoms with Crippen molar-refractivity contribution in [1.82, 2.24) is 4.98 Å². The molecule has 0 aliphatic rings. The number of rotatable bonds is 6. The lowest BCUT2D eigenvalue weighted by Crippen LogP contribution is -2.41. The van der Waals surface area contributed by atoms with Crippen LogP contribution in [0.25, 0.3) is 11.5 Å². The van der Waals surface area contributed by atoms with Crippen LogP contribution >= 0.6 is 12.4 Å². The number of anilines is 1. The van der Waals surface area contributed by atoms with Crippen LogP contribution in [0.4, 0.5) is 5.69 Å². The third kappa shape index (κ3) is 4.12. The van der Waals surface area contributed by atoms with E-state index in [-0.39, 0.29) is 18.3 Å². The summed E-state index contributed by atoms with van der Waals surface area (Å²) in [5.41, 5.74) is 7.68. The van der Waals surface area contributed by atoms with E-state index in [1.165, 1.54) is 0 Å². The second-order valence-corrected chi connectivity index (χ2v) is 5.52. The molecule has 5 nitrogen and oxygen atoms in total. The maximum atomic E-state index is 12.5. The number of oxazole rings is 1. The van der Waals surface area contributed by atoms with Crippen LogP contribution < -0.4 is 11.1 Å². The van der Waals surface area contributed by atoms with E-state index in [0.29, 0.717) is 25.3 Å². The number of amides is 1. The van der Waals surface area contributed by atoms with Gasteiger partial charge in [0.15, 0.2) is 0 Å². The largest absolute Gasteiger partial charge is 0.444 e. The molecule has 1 amide bonds. The van der Waals surface area contributed by atoms with Gasteiger partial charge in [-0.2, -0.15) is 0 Å². The Hall–Kier alpha value is -1.85. The molecule has 0 fully saturated rings. The van der Waals surface area contributed by atoms with Crippen molar-refractivity contribution in [3.8, 4) is 11.5 Å². The zero-order valence-corrected chi connectivity index (χ0v) is 14.6. The Balaban J connectivity index is 0.00000264. The fourth-order valence-electron chi connectivity index (χ4n) is 2.43. The summed E-state index contributed by atoms with van der Waals surface area (Å²) in [4.78, 5) is 16.8. The summed E-state index contributed by atoms with van der Waals surface area (Å²) >= 11 is 0. The molecule has 1 heterocycles. The summed E-state index contributed by atoms with van der Waals surface area (Å²) < 4.78 is 5.40. The second-order valence-electron chi connectivity index (χ2n) is 5.52. The fraction of sp³-hybridized carbons (Fsp3) is 0.412. The Kier molecular flexibility index (Phi) is 6.79. The Morgan fingerprint density at radius 3 is 2.57 bits per heavy atom. The fourth-order valence-corrected chi connectivity index (χ4v) is 2.43. The van der Waals surface area contributed by atoms with Gasteiger partial charge >= 0.3 is 0 Å². The number of hydrogen-bond acceptors (Lipinski definition) is 4. The first-order chi connectivity index (χ1) is 10.5. The Labute approximate surface area is 143 Å². The lowest BCUT2D eigenvalue weighted by Gasteiger charge is -2.28. The number of nitrogens with two attached hydrogens (primary N) is 1. The van der Waals surface area contributed by atoms with E-state index >= 15 is 0 Å². The molecule has 2 rings (SSSR count). The molecule has 23 heavy (non-hydrogen) atoms. The number of carbonyl (C=O) groups excluding carboxylic acids is 1. The summed E-state index contributed by atoms with van der Waals surface area (Å²) in [5.74, 6) is 0.505. The number of hydrogen-bond donors (Lipinski definition) is 2. The molecule has 126 valence electrons. The van der Waals surface area contributed by atoms with Crippen LogP contribution in [0.15, 0.2) is 34.9 Å². The first kappa shape index (κ1) is 19.2. The highest BCUT2D eigenvalue weighted by atomic mass is 35.5. The van der Waals surface area contributed by atoms with Gasteiger partial charge in [0.2, 0.25) is 11.8 Å². The van der Waals surface area contributed by atoms with Gasteiger partial charge in [-0.1, -0.05) is 19.9 Å². The second kappa shape index (κ2) is 8.13. The van der Waals surface area contributed by atoms with E-state index in [1.54, 1.807) is 6.26 Å². The molecule has 0 saturated carbocycles. The number of carbonyl (C=O) groups is 1. The maximum absolute atomic E-state index is 12.5. The van der Waals surface area contributed by atoms with Crippen molar-refractivity contribution in [2.45, 2.75) is 33.6 Å². The minimum absolute atomic E-state index is 0. The Bertz CT molecular complexity index is 643. The van der Waals surface area contributed by atoms with Gasteiger partial charge in [-0.3, -0.25) is 4.79 Å². The van der Waals surface area contributed by atoms with Crippen LogP contribution in [0.3, 0.4) is 0 Å². The summed E-state index contributed by atoms with van der Waals surface area (Å²) in [6, 6.07) is 7.48. The summed E-state index contributed by atoms with van der Waals surface area (Å²) in [7, 11) is 0. The third-order valence-corrected chi connectivity index (χ3v) is 4.21. The molecule has 0 spiro atoms. The predicted molar refractivity (Wildman–Crippen MR) is 94.6 cm³/mol. The molecule has 0 saturated heterocycles. The van der Waals surface area contributed by atoms with Crippen molar-refractivity contribution >= 4 is 24.0 Å². The number of benzene rings is 1. The van der Waals surface area contributed by atoms with Gasteiger partial charge in [0, 0.05) is 17.8 Å². The zero-order chi connectivity index (χ0) is 16.2. The van der Waals surface area contributed by atoms with Crippen molar-refractivity contribution in [3.05, 3.63) is 36.2 Å². The molecule has 0 atom stereocenters. The molecule has 0 aliphatic carbocycles. The van der Waals surface area contributed by atoms with Crippen molar-refractivity contribution < 1.29 is 9.21 Å². The molecule has 0 aliphatic heterocycles. The van der Waals surface area contributed by atoms with Gasteiger partial charge < -0.3 is 15.5 Å². The SMILES string of the molecule is CCC(CC)(CN)C(=O)Nc1cccc(-c2nc(C)co2)c1.Cl. The first-order valence-corrected chi connectivity index (χ1v) is 7.58. The Morgan fingerprint density at radius 2 is 2.04 bits per heavy atom. The highest BCUT2D eigenvalue weighted by Gasteiger charge is 2.33. The smallest absolute Gasteiger partial charge is 0.231 e. The molecule has 6 heteroatoms. The summed E-state index contributed by atoms with van der Waals surface area (Å²) in [6.45, 7) is 6.19. The van der Waals surface area contributed by atoms with Gasteiger partial charge in [0.1, 0.15) is 6.26 Å². The van der Waals surface area contributed by atoms with Gasteiger partial charge in [-0.05, 0) is 38.0 Å². The summed E-state index contributed by atoms with van der Waals surface area (Å²) in [5, 5.41) is 2.96. The van der Waals surface area contributed by atoms with Crippen LogP contribution in [-0.4, -0.2) is 17.4 Å². The normalized spacial score (nSPS) is 11.0. The predicted octanol–water partition coefficient (Wildman–Crippen LogP) is 3.78. The van der Waals surface area contributed by atoms with Crippen LogP contribution in [-0.2, 0) is 4.79 Å². The van der Waals surface area contributed by atoms with Crippen LogP contribution in [0.2, 0.25) is 0 Å². The van der Waals surface area contributed by atoms with Crippen molar-refractivity contribution in [1.29, 1.82) is 0 Å². The zero-order valence-electron chi connectivity index (χ0n) is 13.8. The van der Waals surface area contributed by atoms with Crippen molar-refractivity contribution in [2.24, 2.45) is 11.1 Å². The Morgan fingerprint density at radius 1 is 1.35 bits per heavy atom. The van der Waals surface area contributed by atoms with Gasteiger partial charge in [0.25, 0.3) is 0 Å². The highest BCUT2D eigenvalue weighted by molar-refractivity contribution is 5.95. The number of halogens is 1. The van der Waals surface area contributed by atoms with E-state index in [4.69, 9.17) is 10.2 Å². The van der Waals surface area contributed by atoms with Crippen molar-refractivity contribution in [3.63, 3.8) is 0 Å². The van der Waals surface area contributed by atoms with E-state index in [9.17, 15) is 4.79 Å². The van der Waals surface area contributed by atoms with Crippen LogP contribution in [0, 0.1) is 12.3 Å². The molecule has 0 unspecified atom stereocenters. The lowest BCUT2D eigenvalue weighted by atomic mass is 9.81. The van der Waals surface area contributed by atoms with E-state index in [1.807, 2.05) is 45.0 Å². The van der Waals surface area contributed by atoms with E-state index in [2.05, 4.69) is 10.3 Å². The minimum atomic E-state index is -0.518. The van der Waals surface area contributed by atoms with Gasteiger partial charge in [-0.15, -0.1) is 12.4 Å². The summed E-state index contributed by atoms with van der Waals surface area (Å²) in [6.07, 6.45) is 3.03. The number of nitrogens with one attached hydrogen (secondary N) is 1. The molecule has 2 aromatic rings. The lowest BCUT2D eigenvalue weighted by molar-refractivity contribution is -0.125. The number of aromatic nitrogens is 1. The van der Waals surface area contributed by atoms with Crippen LogP contribution in [0.5, 0.6) is 0 Å².